The number of hydrogen-bond acceptors (Lipinski definition) is 4. The van der Waals surface area contributed by atoms with Gasteiger partial charge in [-0.05, 0) is 29.5 Å². The van der Waals surface area contributed by atoms with Gasteiger partial charge in [-0.1, -0.05) is 32.9 Å². The molecule has 21 heavy (non-hydrogen) atoms. The monoisotopic (exact) mass is 313 g/mol. The molecule has 1 aromatic rings. The summed E-state index contributed by atoms with van der Waals surface area (Å²) in [6.45, 7) is 7.61. The molecule has 5 nitrogen and oxygen atoms in total. The summed E-state index contributed by atoms with van der Waals surface area (Å²) in [5.41, 5.74) is 1.10. The van der Waals surface area contributed by atoms with Crippen LogP contribution < -0.4 is 4.72 Å². The zero-order chi connectivity index (χ0) is 15.5. The molecule has 1 aliphatic heterocycles. The van der Waals surface area contributed by atoms with Gasteiger partial charge >= 0.3 is 0 Å². The minimum Gasteiger partial charge on any atom is -0.351 e. The van der Waals surface area contributed by atoms with E-state index in [9.17, 15) is 8.42 Å². The summed E-state index contributed by atoms with van der Waals surface area (Å²) in [5.74, 6) is 0. The Balaban J connectivity index is 2.01. The first kappa shape index (κ1) is 16.4. The highest BCUT2D eigenvalue weighted by Crippen LogP contribution is 2.23. The first-order valence-corrected chi connectivity index (χ1v) is 8.61. The summed E-state index contributed by atoms with van der Waals surface area (Å²) >= 11 is 0. The van der Waals surface area contributed by atoms with Gasteiger partial charge in [-0.3, -0.25) is 0 Å². The predicted molar refractivity (Wildman–Crippen MR) is 80.6 cm³/mol. The average Bonchev–Trinajstić information content (AvgIpc) is 2.46. The number of hydrogen-bond donors (Lipinski definition) is 1. The maximum atomic E-state index is 12.2. The second kappa shape index (κ2) is 6.44. The molecule has 1 aromatic carbocycles. The maximum absolute atomic E-state index is 12.2. The Labute approximate surface area is 126 Å². The predicted octanol–water partition coefficient (Wildman–Crippen LogP) is 2.03. The van der Waals surface area contributed by atoms with Crippen LogP contribution in [-0.4, -0.2) is 34.5 Å². The van der Waals surface area contributed by atoms with Crippen LogP contribution in [0.1, 0.15) is 32.8 Å². The molecule has 0 spiro atoms. The Morgan fingerprint density at radius 1 is 1.14 bits per heavy atom. The first-order chi connectivity index (χ1) is 9.79. The SMILES string of the molecule is CC(C)(C)c1ccc(S(=O)(=O)NCC2OCCCO2)cc1. The van der Waals surface area contributed by atoms with Gasteiger partial charge in [0.15, 0.2) is 6.29 Å². The lowest BCUT2D eigenvalue weighted by molar-refractivity contribution is -0.173. The molecule has 6 heteroatoms. The number of ether oxygens (including phenoxy) is 2. The van der Waals surface area contributed by atoms with E-state index < -0.39 is 16.3 Å². The quantitative estimate of drug-likeness (QED) is 0.924. The lowest BCUT2D eigenvalue weighted by atomic mass is 9.87. The Hall–Kier alpha value is -0.950. The molecule has 0 bridgehead atoms. The third kappa shape index (κ3) is 4.51. The zero-order valence-electron chi connectivity index (χ0n) is 12.8. The van der Waals surface area contributed by atoms with Crippen molar-refractivity contribution in [3.63, 3.8) is 0 Å². The fourth-order valence-corrected chi connectivity index (χ4v) is 3.07. The van der Waals surface area contributed by atoms with Crippen molar-refractivity contribution in [1.29, 1.82) is 0 Å². The molecule has 1 heterocycles. The van der Waals surface area contributed by atoms with Crippen molar-refractivity contribution >= 4 is 10.0 Å². The molecule has 118 valence electrons. The topological polar surface area (TPSA) is 64.6 Å². The van der Waals surface area contributed by atoms with E-state index in [-0.39, 0.29) is 16.9 Å². The van der Waals surface area contributed by atoms with Crippen molar-refractivity contribution in [3.8, 4) is 0 Å². The highest BCUT2D eigenvalue weighted by atomic mass is 32.2. The molecule has 1 saturated heterocycles. The van der Waals surface area contributed by atoms with E-state index in [0.29, 0.717) is 13.2 Å². The molecule has 1 fully saturated rings. The van der Waals surface area contributed by atoms with Crippen LogP contribution in [0.25, 0.3) is 0 Å². The Morgan fingerprint density at radius 2 is 1.71 bits per heavy atom. The van der Waals surface area contributed by atoms with Crippen molar-refractivity contribution in [3.05, 3.63) is 29.8 Å². The second-order valence-corrected chi connectivity index (χ2v) is 7.92. The lowest BCUT2D eigenvalue weighted by Crippen LogP contribution is -2.37. The highest BCUT2D eigenvalue weighted by molar-refractivity contribution is 7.89. The van der Waals surface area contributed by atoms with Gasteiger partial charge in [0.25, 0.3) is 0 Å². The van der Waals surface area contributed by atoms with Crippen LogP contribution in [0, 0.1) is 0 Å². The maximum Gasteiger partial charge on any atom is 0.240 e. The third-order valence-corrected chi connectivity index (χ3v) is 4.81. The normalized spacial score (nSPS) is 17.9. The average molecular weight is 313 g/mol. The van der Waals surface area contributed by atoms with Gasteiger partial charge < -0.3 is 9.47 Å². The number of benzene rings is 1. The molecule has 1 N–H and O–H groups in total. The minimum absolute atomic E-state index is 0.000498. The molecule has 0 radical (unpaired) electrons. The molecule has 0 aliphatic carbocycles. The van der Waals surface area contributed by atoms with Crippen LogP contribution in [0.3, 0.4) is 0 Å². The second-order valence-electron chi connectivity index (χ2n) is 6.15. The van der Waals surface area contributed by atoms with Crippen LogP contribution in [0.15, 0.2) is 29.2 Å². The van der Waals surface area contributed by atoms with E-state index >= 15 is 0 Å². The van der Waals surface area contributed by atoms with Crippen molar-refractivity contribution in [2.45, 2.75) is 43.8 Å². The van der Waals surface area contributed by atoms with Crippen LogP contribution in [0.5, 0.6) is 0 Å². The first-order valence-electron chi connectivity index (χ1n) is 7.12. The van der Waals surface area contributed by atoms with Crippen molar-refractivity contribution < 1.29 is 17.9 Å². The molecule has 0 aromatic heterocycles. The fourth-order valence-electron chi connectivity index (χ4n) is 2.05. The van der Waals surface area contributed by atoms with Gasteiger partial charge in [-0.2, -0.15) is 0 Å². The molecule has 1 aliphatic rings. The van der Waals surface area contributed by atoms with Gasteiger partial charge in [0.1, 0.15) is 0 Å². The molecule has 2 rings (SSSR count). The van der Waals surface area contributed by atoms with Crippen molar-refractivity contribution in [1.82, 2.24) is 4.72 Å². The van der Waals surface area contributed by atoms with Crippen LogP contribution >= 0.6 is 0 Å². The molecule has 0 amide bonds. The third-order valence-electron chi connectivity index (χ3n) is 3.37. The summed E-state index contributed by atoms with van der Waals surface area (Å²) < 4.78 is 37.6. The van der Waals surface area contributed by atoms with E-state index in [1.54, 1.807) is 12.1 Å². The Kier molecular flexibility index (Phi) is 5.03. The Bertz CT molecular complexity index is 554. The van der Waals surface area contributed by atoms with Gasteiger partial charge in [0.2, 0.25) is 10.0 Å². The van der Waals surface area contributed by atoms with Crippen molar-refractivity contribution in [2.75, 3.05) is 19.8 Å². The summed E-state index contributed by atoms with van der Waals surface area (Å²) in [6, 6.07) is 6.96. The van der Waals surface area contributed by atoms with Crippen molar-refractivity contribution in [2.24, 2.45) is 0 Å². The summed E-state index contributed by atoms with van der Waals surface area (Å²) in [7, 11) is -3.53. The number of rotatable bonds is 4. The van der Waals surface area contributed by atoms with Gasteiger partial charge in [-0.15, -0.1) is 0 Å². The largest absolute Gasteiger partial charge is 0.351 e. The van der Waals surface area contributed by atoms with E-state index in [2.05, 4.69) is 25.5 Å². The van der Waals surface area contributed by atoms with Gasteiger partial charge in [0, 0.05) is 0 Å². The van der Waals surface area contributed by atoms with E-state index in [0.717, 1.165) is 12.0 Å². The fraction of sp³-hybridized carbons (Fsp3) is 0.600. The van der Waals surface area contributed by atoms with Gasteiger partial charge in [0.05, 0.1) is 24.7 Å². The number of sulfonamides is 1. The number of nitrogens with one attached hydrogen (secondary N) is 1. The molecular formula is C15H23NO4S. The highest BCUT2D eigenvalue weighted by Gasteiger charge is 2.20. The summed E-state index contributed by atoms with van der Waals surface area (Å²) in [6.07, 6.45) is 0.347. The summed E-state index contributed by atoms with van der Waals surface area (Å²) in [4.78, 5) is 0.256. The molecule has 0 unspecified atom stereocenters. The van der Waals surface area contributed by atoms with E-state index in [1.165, 1.54) is 0 Å². The Morgan fingerprint density at radius 3 is 2.24 bits per heavy atom. The minimum atomic E-state index is -3.53. The van der Waals surface area contributed by atoms with Crippen LogP contribution in [0.2, 0.25) is 0 Å². The molecular weight excluding hydrogens is 290 g/mol. The zero-order valence-corrected chi connectivity index (χ0v) is 13.6. The smallest absolute Gasteiger partial charge is 0.240 e. The standard InChI is InChI=1S/C15H23NO4S/c1-15(2,3)12-5-7-13(8-6-12)21(17,18)16-11-14-19-9-4-10-20-14/h5-8,14,16H,4,9-11H2,1-3H3. The van der Waals surface area contributed by atoms with E-state index in [1.807, 2.05) is 12.1 Å². The summed E-state index contributed by atoms with van der Waals surface area (Å²) in [5, 5.41) is 0. The van der Waals surface area contributed by atoms with Gasteiger partial charge in [-0.25, -0.2) is 13.1 Å². The molecule has 0 saturated carbocycles. The molecule has 0 atom stereocenters. The van der Waals surface area contributed by atoms with Crippen LogP contribution in [0.4, 0.5) is 0 Å². The lowest BCUT2D eigenvalue weighted by Gasteiger charge is -2.23. The van der Waals surface area contributed by atoms with E-state index in [4.69, 9.17) is 9.47 Å². The van der Waals surface area contributed by atoms with Crippen LogP contribution in [-0.2, 0) is 24.9 Å².